The molecule has 0 aliphatic carbocycles. The van der Waals surface area contributed by atoms with Gasteiger partial charge in [-0.15, -0.1) is 0 Å². The van der Waals surface area contributed by atoms with Gasteiger partial charge in [-0.3, -0.25) is 14.6 Å². The Morgan fingerprint density at radius 3 is 2.77 bits per heavy atom. The van der Waals surface area contributed by atoms with Crippen molar-refractivity contribution >= 4 is 22.7 Å². The molecule has 6 heteroatoms. The third-order valence-corrected chi connectivity index (χ3v) is 5.94. The quantitative estimate of drug-likeness (QED) is 0.690. The van der Waals surface area contributed by atoms with E-state index in [2.05, 4.69) is 5.32 Å². The smallest absolute Gasteiger partial charge is 0.251 e. The van der Waals surface area contributed by atoms with Gasteiger partial charge in [0.1, 0.15) is 5.75 Å². The molecular formula is C25H27N3O3. The Hall–Kier alpha value is -3.41. The lowest BCUT2D eigenvalue weighted by Gasteiger charge is -2.18. The standard InChI is InChI=1S/C25H27N3O3/c1-16-8-9-23(31-3)18(12-16)13-24(29)28-11-10-17(15-28)22-14-20(25(30)26-2)19-6-4-5-7-21(19)27-22/h4-9,12,14,17H,10-11,13,15H2,1-3H3,(H,26,30)/t17-/m0/s1. The largest absolute Gasteiger partial charge is 0.496 e. The Kier molecular flexibility index (Phi) is 5.89. The maximum atomic E-state index is 13.0. The number of carbonyl (C=O) groups is 2. The third-order valence-electron chi connectivity index (χ3n) is 5.94. The van der Waals surface area contributed by atoms with Crippen LogP contribution in [-0.2, 0) is 11.2 Å². The molecule has 1 atom stereocenters. The van der Waals surface area contributed by atoms with E-state index < -0.39 is 0 Å². The number of aromatic nitrogens is 1. The van der Waals surface area contributed by atoms with Crippen molar-refractivity contribution in [2.75, 3.05) is 27.2 Å². The lowest BCUT2D eigenvalue weighted by Crippen LogP contribution is -2.30. The van der Waals surface area contributed by atoms with E-state index in [1.807, 2.05) is 60.4 Å². The van der Waals surface area contributed by atoms with Gasteiger partial charge in [-0.2, -0.15) is 0 Å². The summed E-state index contributed by atoms with van der Waals surface area (Å²) in [5, 5.41) is 3.55. The van der Waals surface area contributed by atoms with Crippen LogP contribution in [0.25, 0.3) is 10.9 Å². The summed E-state index contributed by atoms with van der Waals surface area (Å²) in [5.41, 5.74) is 4.29. The van der Waals surface area contributed by atoms with Crippen molar-refractivity contribution in [1.29, 1.82) is 0 Å². The molecule has 3 aromatic rings. The van der Waals surface area contributed by atoms with Crippen molar-refractivity contribution in [2.45, 2.75) is 25.7 Å². The van der Waals surface area contributed by atoms with Crippen LogP contribution in [-0.4, -0.2) is 48.9 Å². The number of aryl methyl sites for hydroxylation is 1. The van der Waals surface area contributed by atoms with Gasteiger partial charge < -0.3 is 15.0 Å². The summed E-state index contributed by atoms with van der Waals surface area (Å²) in [6, 6.07) is 15.4. The number of amides is 2. The van der Waals surface area contributed by atoms with Crippen LogP contribution >= 0.6 is 0 Å². The molecule has 31 heavy (non-hydrogen) atoms. The highest BCUT2D eigenvalue weighted by Crippen LogP contribution is 2.30. The van der Waals surface area contributed by atoms with E-state index in [4.69, 9.17) is 9.72 Å². The van der Waals surface area contributed by atoms with Crippen LogP contribution in [0.1, 0.15) is 39.5 Å². The molecule has 0 bridgehead atoms. The predicted molar refractivity (Wildman–Crippen MR) is 121 cm³/mol. The molecule has 1 N–H and O–H groups in total. The van der Waals surface area contributed by atoms with Crippen LogP contribution in [0.5, 0.6) is 5.75 Å². The zero-order chi connectivity index (χ0) is 22.0. The van der Waals surface area contributed by atoms with Gasteiger partial charge in [0.15, 0.2) is 0 Å². The Balaban J connectivity index is 1.55. The Bertz CT molecular complexity index is 1140. The fourth-order valence-electron chi connectivity index (χ4n) is 4.28. The number of ether oxygens (including phenoxy) is 1. The van der Waals surface area contributed by atoms with Crippen molar-refractivity contribution in [3.8, 4) is 5.75 Å². The summed E-state index contributed by atoms with van der Waals surface area (Å²) in [5.74, 6) is 0.800. The summed E-state index contributed by atoms with van der Waals surface area (Å²) in [6.07, 6.45) is 1.14. The van der Waals surface area contributed by atoms with Gasteiger partial charge in [-0.05, 0) is 31.5 Å². The molecule has 0 spiro atoms. The topological polar surface area (TPSA) is 71.5 Å². The zero-order valence-corrected chi connectivity index (χ0v) is 18.1. The van der Waals surface area contributed by atoms with Crippen molar-refractivity contribution in [2.24, 2.45) is 0 Å². The number of nitrogens with zero attached hydrogens (tertiary/aromatic N) is 2. The van der Waals surface area contributed by atoms with E-state index in [1.165, 1.54) is 0 Å². The highest BCUT2D eigenvalue weighted by molar-refractivity contribution is 6.06. The molecule has 1 aliphatic heterocycles. The lowest BCUT2D eigenvalue weighted by atomic mass is 9.99. The minimum Gasteiger partial charge on any atom is -0.496 e. The number of hydrogen-bond acceptors (Lipinski definition) is 4. The molecule has 2 heterocycles. The summed E-state index contributed by atoms with van der Waals surface area (Å²) < 4.78 is 5.42. The first-order chi connectivity index (χ1) is 15.0. The van der Waals surface area contributed by atoms with E-state index in [1.54, 1.807) is 14.2 Å². The summed E-state index contributed by atoms with van der Waals surface area (Å²) >= 11 is 0. The third kappa shape index (κ3) is 4.24. The molecule has 1 fully saturated rings. The molecule has 0 saturated carbocycles. The van der Waals surface area contributed by atoms with Crippen LogP contribution in [0.3, 0.4) is 0 Å². The number of hydrogen-bond donors (Lipinski definition) is 1. The van der Waals surface area contributed by atoms with Crippen molar-refractivity contribution in [3.05, 3.63) is 70.9 Å². The summed E-state index contributed by atoms with van der Waals surface area (Å²) in [7, 11) is 3.26. The number of likely N-dealkylation sites (tertiary alicyclic amines) is 1. The monoisotopic (exact) mass is 417 g/mol. The van der Waals surface area contributed by atoms with Gasteiger partial charge in [0.2, 0.25) is 5.91 Å². The molecule has 160 valence electrons. The average molecular weight is 418 g/mol. The normalized spacial score (nSPS) is 15.8. The predicted octanol–water partition coefficient (Wildman–Crippen LogP) is 3.47. The van der Waals surface area contributed by atoms with Gasteiger partial charge in [0.25, 0.3) is 5.91 Å². The summed E-state index contributed by atoms with van der Waals surface area (Å²) in [6.45, 7) is 3.29. The van der Waals surface area contributed by atoms with Gasteiger partial charge in [-0.25, -0.2) is 0 Å². The second-order valence-electron chi connectivity index (χ2n) is 8.01. The highest BCUT2D eigenvalue weighted by atomic mass is 16.5. The van der Waals surface area contributed by atoms with E-state index >= 15 is 0 Å². The maximum Gasteiger partial charge on any atom is 0.251 e. The number of nitrogens with one attached hydrogen (secondary N) is 1. The van der Waals surface area contributed by atoms with Crippen molar-refractivity contribution < 1.29 is 14.3 Å². The Morgan fingerprint density at radius 1 is 1.19 bits per heavy atom. The molecule has 4 rings (SSSR count). The lowest BCUT2D eigenvalue weighted by molar-refractivity contribution is -0.129. The second kappa shape index (κ2) is 8.76. The second-order valence-corrected chi connectivity index (χ2v) is 8.01. The molecule has 0 radical (unpaired) electrons. The van der Waals surface area contributed by atoms with E-state index in [0.29, 0.717) is 25.1 Å². The molecule has 1 aromatic heterocycles. The van der Waals surface area contributed by atoms with E-state index in [9.17, 15) is 9.59 Å². The molecular weight excluding hydrogens is 390 g/mol. The number of carbonyl (C=O) groups excluding carboxylic acids is 2. The minimum atomic E-state index is -0.127. The zero-order valence-electron chi connectivity index (χ0n) is 18.1. The number of para-hydroxylation sites is 1. The minimum absolute atomic E-state index is 0.0821. The van der Waals surface area contributed by atoms with Gasteiger partial charge in [-0.1, -0.05) is 35.9 Å². The number of fused-ring (bicyclic) bond motifs is 1. The molecule has 2 aromatic carbocycles. The summed E-state index contributed by atoms with van der Waals surface area (Å²) in [4.78, 5) is 32.1. The average Bonchev–Trinajstić information content (AvgIpc) is 3.28. The van der Waals surface area contributed by atoms with Crippen LogP contribution in [0.15, 0.2) is 48.5 Å². The number of rotatable bonds is 5. The molecule has 1 saturated heterocycles. The van der Waals surface area contributed by atoms with Crippen LogP contribution in [0.2, 0.25) is 0 Å². The fraction of sp³-hybridized carbons (Fsp3) is 0.320. The van der Waals surface area contributed by atoms with Crippen LogP contribution in [0.4, 0.5) is 0 Å². The number of methoxy groups -OCH3 is 1. The van der Waals surface area contributed by atoms with Crippen LogP contribution < -0.4 is 10.1 Å². The van der Waals surface area contributed by atoms with Gasteiger partial charge in [0.05, 0.1) is 24.6 Å². The first-order valence-corrected chi connectivity index (χ1v) is 10.5. The van der Waals surface area contributed by atoms with E-state index in [-0.39, 0.29) is 17.7 Å². The Labute approximate surface area is 182 Å². The molecule has 0 unspecified atom stereocenters. The first kappa shape index (κ1) is 20.8. The number of benzene rings is 2. The molecule has 2 amide bonds. The van der Waals surface area contributed by atoms with Crippen molar-refractivity contribution in [1.82, 2.24) is 15.2 Å². The molecule has 1 aliphatic rings. The Morgan fingerprint density at radius 2 is 2.00 bits per heavy atom. The van der Waals surface area contributed by atoms with Gasteiger partial charge in [0, 0.05) is 42.7 Å². The van der Waals surface area contributed by atoms with E-state index in [0.717, 1.165) is 39.9 Å². The van der Waals surface area contributed by atoms with Crippen LogP contribution in [0, 0.1) is 6.92 Å². The highest BCUT2D eigenvalue weighted by Gasteiger charge is 2.29. The van der Waals surface area contributed by atoms with Gasteiger partial charge >= 0.3 is 0 Å². The van der Waals surface area contributed by atoms with Crippen molar-refractivity contribution in [3.63, 3.8) is 0 Å². The molecule has 6 nitrogen and oxygen atoms in total. The fourth-order valence-corrected chi connectivity index (χ4v) is 4.28. The maximum absolute atomic E-state index is 13.0. The number of pyridine rings is 1. The first-order valence-electron chi connectivity index (χ1n) is 10.5. The SMILES string of the molecule is CNC(=O)c1cc([C@H]2CCN(C(=O)Cc3cc(C)ccc3OC)C2)nc2ccccc12.